The summed E-state index contributed by atoms with van der Waals surface area (Å²) in [6.07, 6.45) is -3.40. The van der Waals surface area contributed by atoms with Gasteiger partial charge in [-0.05, 0) is 85.2 Å². The van der Waals surface area contributed by atoms with Gasteiger partial charge in [0.15, 0.2) is 0 Å². The molecule has 8 heteroatoms. The van der Waals surface area contributed by atoms with Gasteiger partial charge in [-0.15, -0.1) is 0 Å². The molecule has 0 spiro atoms. The number of fused-ring (bicyclic) bond motifs is 1. The molecule has 1 aliphatic rings. The van der Waals surface area contributed by atoms with E-state index in [4.69, 9.17) is 0 Å². The Bertz CT molecular complexity index is 1300. The van der Waals surface area contributed by atoms with Crippen LogP contribution in [0.3, 0.4) is 0 Å². The van der Waals surface area contributed by atoms with Gasteiger partial charge < -0.3 is 9.88 Å². The Morgan fingerprint density at radius 1 is 1.06 bits per heavy atom. The Morgan fingerprint density at radius 3 is 2.50 bits per heavy atom. The van der Waals surface area contributed by atoms with E-state index in [1.165, 1.54) is 29.2 Å². The van der Waals surface area contributed by atoms with Gasteiger partial charge in [-0.1, -0.05) is 13.0 Å². The number of aromatic nitrogens is 1. The maximum atomic E-state index is 13.7. The number of aryl methyl sites for hydroxylation is 2. The average Bonchev–Trinajstić information content (AvgIpc) is 2.77. The van der Waals surface area contributed by atoms with Gasteiger partial charge in [0.05, 0.1) is 11.3 Å². The van der Waals surface area contributed by atoms with Crippen molar-refractivity contribution in [2.45, 2.75) is 45.2 Å². The topological polar surface area (TPSA) is 53.2 Å². The monoisotopic (exact) mass is 472 g/mol. The van der Waals surface area contributed by atoms with Crippen LogP contribution in [0.1, 0.15) is 57.6 Å². The molecule has 34 heavy (non-hydrogen) atoms. The highest BCUT2D eigenvalue weighted by Crippen LogP contribution is 2.36. The number of amides is 1. The van der Waals surface area contributed by atoms with Gasteiger partial charge in [-0.3, -0.25) is 9.59 Å². The van der Waals surface area contributed by atoms with Crippen LogP contribution < -0.4 is 10.5 Å². The average molecular weight is 472 g/mol. The van der Waals surface area contributed by atoms with Gasteiger partial charge in [-0.2, -0.15) is 13.2 Å². The van der Waals surface area contributed by atoms with Crippen molar-refractivity contribution in [2.24, 2.45) is 0 Å². The lowest BCUT2D eigenvalue weighted by Gasteiger charge is -2.32. The molecule has 0 radical (unpaired) electrons. The Balaban J connectivity index is 1.87. The fourth-order valence-electron chi connectivity index (χ4n) is 4.67. The summed E-state index contributed by atoms with van der Waals surface area (Å²) in [5.74, 6) is -1.03. The third-order valence-corrected chi connectivity index (χ3v) is 6.37. The van der Waals surface area contributed by atoms with Gasteiger partial charge in [0.1, 0.15) is 5.82 Å². The molecule has 1 N–H and O–H groups in total. The summed E-state index contributed by atoms with van der Waals surface area (Å²) in [5.41, 5.74) is 1.99. The smallest absolute Gasteiger partial charge is 0.324 e. The minimum absolute atomic E-state index is 0.186. The standard InChI is InChI=1S/C26H24F4N2O2/c1-3-22-23(8-9-24(33)31-22)32-11-10-16(20-7-5-19(27)12-15(20)2)13-17-14-18(26(28,29)30)4-6-21(17)25(32)34/h4-9,12,14,16H,3,10-11,13H2,1-2H3,(H,31,33). The summed E-state index contributed by atoms with van der Waals surface area (Å²) in [5, 5.41) is 0. The molecule has 4 rings (SSSR count). The van der Waals surface area contributed by atoms with Crippen molar-refractivity contribution in [2.75, 3.05) is 11.4 Å². The van der Waals surface area contributed by atoms with Crippen LogP contribution in [0.2, 0.25) is 0 Å². The molecule has 1 amide bonds. The Kier molecular flexibility index (Phi) is 6.34. The summed E-state index contributed by atoms with van der Waals surface area (Å²) in [4.78, 5) is 29.7. The molecule has 4 nitrogen and oxygen atoms in total. The summed E-state index contributed by atoms with van der Waals surface area (Å²) in [7, 11) is 0. The molecule has 1 aromatic heterocycles. The van der Waals surface area contributed by atoms with E-state index in [9.17, 15) is 27.2 Å². The van der Waals surface area contributed by atoms with Crippen LogP contribution in [0.25, 0.3) is 0 Å². The van der Waals surface area contributed by atoms with E-state index < -0.39 is 17.6 Å². The number of rotatable bonds is 3. The van der Waals surface area contributed by atoms with Gasteiger partial charge in [-0.25, -0.2) is 4.39 Å². The van der Waals surface area contributed by atoms with E-state index in [2.05, 4.69) is 4.98 Å². The SMILES string of the molecule is CCc1[nH]c(=O)ccc1N1CCC(c2ccc(F)cc2C)Cc2cc(C(F)(F)F)ccc2C1=O. The fourth-order valence-corrected chi connectivity index (χ4v) is 4.67. The number of carbonyl (C=O) groups excluding carboxylic acids is 1. The van der Waals surface area contributed by atoms with Crippen LogP contribution in [0, 0.1) is 12.7 Å². The van der Waals surface area contributed by atoms with E-state index >= 15 is 0 Å². The van der Waals surface area contributed by atoms with Crippen LogP contribution in [-0.2, 0) is 19.0 Å². The number of carbonyl (C=O) groups is 1. The summed E-state index contributed by atoms with van der Waals surface area (Å²) >= 11 is 0. The zero-order valence-corrected chi connectivity index (χ0v) is 18.8. The largest absolute Gasteiger partial charge is 0.416 e. The second kappa shape index (κ2) is 9.08. The lowest BCUT2D eigenvalue weighted by atomic mass is 9.83. The minimum atomic E-state index is -4.55. The van der Waals surface area contributed by atoms with E-state index in [0.717, 1.165) is 17.7 Å². The number of H-pyrrole nitrogens is 1. The Morgan fingerprint density at radius 2 is 1.82 bits per heavy atom. The number of pyridine rings is 1. The van der Waals surface area contributed by atoms with Gasteiger partial charge >= 0.3 is 6.18 Å². The molecule has 2 heterocycles. The van der Waals surface area contributed by atoms with Crippen molar-refractivity contribution in [1.82, 2.24) is 4.98 Å². The third-order valence-electron chi connectivity index (χ3n) is 6.37. The number of benzene rings is 2. The zero-order chi connectivity index (χ0) is 24.6. The first-order chi connectivity index (χ1) is 16.1. The lowest BCUT2D eigenvalue weighted by Crippen LogP contribution is -2.37. The maximum absolute atomic E-state index is 13.7. The Hall–Kier alpha value is -3.42. The van der Waals surface area contributed by atoms with E-state index in [-0.39, 0.29) is 29.3 Å². The van der Waals surface area contributed by atoms with Crippen molar-refractivity contribution in [1.29, 1.82) is 0 Å². The summed E-state index contributed by atoms with van der Waals surface area (Å²) in [6, 6.07) is 10.5. The summed E-state index contributed by atoms with van der Waals surface area (Å²) in [6.45, 7) is 3.90. The van der Waals surface area contributed by atoms with Gasteiger partial charge in [0, 0.05) is 23.9 Å². The highest BCUT2D eigenvalue weighted by atomic mass is 19.4. The molecule has 0 bridgehead atoms. The fraction of sp³-hybridized carbons (Fsp3) is 0.308. The third kappa shape index (κ3) is 4.62. The quantitative estimate of drug-likeness (QED) is 0.492. The molecule has 3 aromatic rings. The van der Waals surface area contributed by atoms with Crippen LogP contribution in [0.4, 0.5) is 23.2 Å². The lowest BCUT2D eigenvalue weighted by molar-refractivity contribution is -0.137. The van der Waals surface area contributed by atoms with Gasteiger partial charge in [0.2, 0.25) is 5.56 Å². The first-order valence-corrected chi connectivity index (χ1v) is 11.1. The van der Waals surface area contributed by atoms with Crippen molar-refractivity contribution in [3.8, 4) is 0 Å². The predicted molar refractivity (Wildman–Crippen MR) is 122 cm³/mol. The molecule has 2 aromatic carbocycles. The first kappa shape index (κ1) is 23.7. The van der Waals surface area contributed by atoms with E-state index in [1.807, 2.05) is 6.92 Å². The molecule has 1 unspecified atom stereocenters. The second-order valence-electron chi connectivity index (χ2n) is 8.56. The van der Waals surface area contributed by atoms with Crippen LogP contribution in [0.5, 0.6) is 0 Å². The van der Waals surface area contributed by atoms with Gasteiger partial charge in [0.25, 0.3) is 5.91 Å². The minimum Gasteiger partial charge on any atom is -0.324 e. The highest BCUT2D eigenvalue weighted by Gasteiger charge is 2.34. The second-order valence-corrected chi connectivity index (χ2v) is 8.56. The Labute approximate surface area is 194 Å². The number of hydrogen-bond acceptors (Lipinski definition) is 2. The van der Waals surface area contributed by atoms with E-state index in [0.29, 0.717) is 41.9 Å². The molecular formula is C26H24F4N2O2. The predicted octanol–water partition coefficient (Wildman–Crippen LogP) is 5.78. The van der Waals surface area contributed by atoms with Crippen LogP contribution in [-0.4, -0.2) is 17.4 Å². The molecule has 0 saturated carbocycles. The number of halogens is 4. The number of nitrogens with zero attached hydrogens (tertiary/aromatic N) is 1. The number of hydrogen-bond donors (Lipinski definition) is 1. The van der Waals surface area contributed by atoms with Crippen molar-refractivity contribution in [3.63, 3.8) is 0 Å². The van der Waals surface area contributed by atoms with Crippen LogP contribution >= 0.6 is 0 Å². The molecule has 1 aliphatic heterocycles. The molecule has 0 aliphatic carbocycles. The normalized spacial score (nSPS) is 16.7. The summed E-state index contributed by atoms with van der Waals surface area (Å²) < 4.78 is 54.1. The van der Waals surface area contributed by atoms with Crippen molar-refractivity contribution < 1.29 is 22.4 Å². The molecular weight excluding hydrogens is 448 g/mol. The molecule has 1 atom stereocenters. The number of anilines is 1. The van der Waals surface area contributed by atoms with Crippen molar-refractivity contribution >= 4 is 11.6 Å². The van der Waals surface area contributed by atoms with Crippen molar-refractivity contribution in [3.05, 3.63) is 98.2 Å². The number of aromatic amines is 1. The zero-order valence-electron chi connectivity index (χ0n) is 18.8. The van der Waals surface area contributed by atoms with E-state index in [1.54, 1.807) is 19.1 Å². The van der Waals surface area contributed by atoms with Crippen LogP contribution in [0.15, 0.2) is 53.3 Å². The highest BCUT2D eigenvalue weighted by molar-refractivity contribution is 6.07. The first-order valence-electron chi connectivity index (χ1n) is 11.1. The maximum Gasteiger partial charge on any atom is 0.416 e. The molecule has 178 valence electrons. The number of alkyl halides is 3. The molecule has 0 fully saturated rings. The molecule has 0 saturated heterocycles. The number of nitrogens with one attached hydrogen (secondary N) is 1.